The van der Waals surface area contributed by atoms with Gasteiger partial charge in [-0.1, -0.05) is 17.3 Å². The van der Waals surface area contributed by atoms with E-state index >= 15 is 0 Å². The maximum absolute atomic E-state index is 5.76. The molecule has 2 aromatic heterocycles. The van der Waals surface area contributed by atoms with E-state index in [1.54, 1.807) is 6.20 Å². The number of hydrogen-bond donors (Lipinski definition) is 1. The molecule has 0 atom stereocenters. The SMILES string of the molecule is Nc1cccc(CCc2nc(-c3ccc(Br)cn3)no2)c1. The summed E-state index contributed by atoms with van der Waals surface area (Å²) in [6.45, 7) is 0. The summed E-state index contributed by atoms with van der Waals surface area (Å²) in [6.07, 6.45) is 3.19. The second-order valence-electron chi connectivity index (χ2n) is 4.62. The molecule has 6 heteroatoms. The molecule has 0 bridgehead atoms. The van der Waals surface area contributed by atoms with Crippen LogP contribution in [0.3, 0.4) is 0 Å². The van der Waals surface area contributed by atoms with Crippen LogP contribution < -0.4 is 5.73 Å². The van der Waals surface area contributed by atoms with Gasteiger partial charge in [0.1, 0.15) is 5.69 Å². The summed E-state index contributed by atoms with van der Waals surface area (Å²) in [5.74, 6) is 1.10. The van der Waals surface area contributed by atoms with Gasteiger partial charge in [-0.2, -0.15) is 4.98 Å². The highest BCUT2D eigenvalue weighted by molar-refractivity contribution is 9.10. The number of rotatable bonds is 4. The van der Waals surface area contributed by atoms with Crippen LogP contribution in [0.5, 0.6) is 0 Å². The summed E-state index contributed by atoms with van der Waals surface area (Å²) in [7, 11) is 0. The first-order valence-electron chi connectivity index (χ1n) is 6.49. The van der Waals surface area contributed by atoms with Crippen molar-refractivity contribution < 1.29 is 4.52 Å². The third-order valence-electron chi connectivity index (χ3n) is 3.00. The molecule has 3 aromatic rings. The van der Waals surface area contributed by atoms with E-state index in [1.165, 1.54) is 0 Å². The number of nitrogen functional groups attached to an aromatic ring is 1. The monoisotopic (exact) mass is 344 g/mol. The fourth-order valence-corrected chi connectivity index (χ4v) is 2.20. The van der Waals surface area contributed by atoms with Crippen molar-refractivity contribution in [1.82, 2.24) is 15.1 Å². The summed E-state index contributed by atoms with van der Waals surface area (Å²) >= 11 is 3.34. The quantitative estimate of drug-likeness (QED) is 0.735. The van der Waals surface area contributed by atoms with Gasteiger partial charge in [-0.3, -0.25) is 4.98 Å². The van der Waals surface area contributed by atoms with E-state index in [-0.39, 0.29) is 0 Å². The third-order valence-corrected chi connectivity index (χ3v) is 3.47. The summed E-state index contributed by atoms with van der Waals surface area (Å²) in [5.41, 5.74) is 8.36. The van der Waals surface area contributed by atoms with Crippen LogP contribution in [0.15, 0.2) is 51.6 Å². The Morgan fingerprint density at radius 3 is 2.81 bits per heavy atom. The van der Waals surface area contributed by atoms with Crippen LogP contribution in [0.1, 0.15) is 11.5 Å². The van der Waals surface area contributed by atoms with Crippen molar-refractivity contribution in [2.24, 2.45) is 0 Å². The maximum atomic E-state index is 5.76. The van der Waals surface area contributed by atoms with Crippen LogP contribution >= 0.6 is 15.9 Å². The van der Waals surface area contributed by atoms with Crippen LogP contribution in [0.2, 0.25) is 0 Å². The molecule has 106 valence electrons. The lowest BCUT2D eigenvalue weighted by Gasteiger charge is -1.99. The molecule has 0 unspecified atom stereocenters. The van der Waals surface area contributed by atoms with Crippen molar-refractivity contribution in [3.8, 4) is 11.5 Å². The predicted octanol–water partition coefficient (Wildman–Crippen LogP) is 3.26. The Balaban J connectivity index is 1.69. The minimum atomic E-state index is 0.505. The average Bonchev–Trinajstić information content (AvgIpc) is 2.95. The van der Waals surface area contributed by atoms with E-state index in [4.69, 9.17) is 10.3 Å². The lowest BCUT2D eigenvalue weighted by atomic mass is 10.1. The number of aryl methyl sites for hydroxylation is 2. The largest absolute Gasteiger partial charge is 0.399 e. The minimum Gasteiger partial charge on any atom is -0.399 e. The smallest absolute Gasteiger partial charge is 0.227 e. The van der Waals surface area contributed by atoms with Crippen molar-refractivity contribution in [2.75, 3.05) is 5.73 Å². The molecule has 2 N–H and O–H groups in total. The zero-order valence-corrected chi connectivity index (χ0v) is 12.7. The average molecular weight is 345 g/mol. The number of benzene rings is 1. The summed E-state index contributed by atoms with van der Waals surface area (Å²) in [4.78, 5) is 8.60. The van der Waals surface area contributed by atoms with Gasteiger partial charge in [-0.15, -0.1) is 0 Å². The van der Waals surface area contributed by atoms with E-state index < -0.39 is 0 Å². The van der Waals surface area contributed by atoms with Gasteiger partial charge in [0, 0.05) is 22.8 Å². The van der Waals surface area contributed by atoms with Crippen LogP contribution in [0.4, 0.5) is 5.69 Å². The molecule has 0 aliphatic carbocycles. The lowest BCUT2D eigenvalue weighted by molar-refractivity contribution is 0.379. The third kappa shape index (κ3) is 3.46. The van der Waals surface area contributed by atoms with Crippen molar-refractivity contribution in [2.45, 2.75) is 12.8 Å². The standard InChI is InChI=1S/C15H13BrN4O/c16-11-5-6-13(18-9-11)15-19-14(21-20-15)7-4-10-2-1-3-12(17)8-10/h1-3,5-6,8-9H,4,7,17H2. The summed E-state index contributed by atoms with van der Waals surface area (Å²) in [6, 6.07) is 11.5. The Labute approximate surface area is 130 Å². The number of pyridine rings is 1. The molecule has 0 aliphatic rings. The van der Waals surface area contributed by atoms with Crippen LogP contribution in [0.25, 0.3) is 11.5 Å². The Hall–Kier alpha value is -2.21. The fraction of sp³-hybridized carbons (Fsp3) is 0.133. The molecule has 2 heterocycles. The highest BCUT2D eigenvalue weighted by Gasteiger charge is 2.09. The number of nitrogens with two attached hydrogens (primary N) is 1. The minimum absolute atomic E-state index is 0.505. The highest BCUT2D eigenvalue weighted by atomic mass is 79.9. The Bertz CT molecular complexity index is 739. The first-order valence-corrected chi connectivity index (χ1v) is 7.29. The number of halogens is 1. The molecule has 0 amide bonds. The van der Waals surface area contributed by atoms with E-state index in [0.29, 0.717) is 23.8 Å². The molecule has 0 spiro atoms. The first-order chi connectivity index (χ1) is 10.2. The molecule has 0 saturated heterocycles. The van der Waals surface area contributed by atoms with Crippen molar-refractivity contribution >= 4 is 21.6 Å². The molecule has 0 fully saturated rings. The highest BCUT2D eigenvalue weighted by Crippen LogP contribution is 2.17. The normalized spacial score (nSPS) is 10.7. The van der Waals surface area contributed by atoms with Crippen molar-refractivity contribution in [3.05, 3.63) is 58.5 Å². The van der Waals surface area contributed by atoms with Gasteiger partial charge in [0.15, 0.2) is 0 Å². The maximum Gasteiger partial charge on any atom is 0.227 e. The fourth-order valence-electron chi connectivity index (χ4n) is 1.97. The van der Waals surface area contributed by atoms with Gasteiger partial charge in [0.25, 0.3) is 0 Å². The second kappa shape index (κ2) is 6.05. The molecule has 21 heavy (non-hydrogen) atoms. The number of aromatic nitrogens is 3. The first kappa shape index (κ1) is 13.8. The van der Waals surface area contributed by atoms with Gasteiger partial charge in [-0.05, 0) is 52.2 Å². The van der Waals surface area contributed by atoms with E-state index in [0.717, 1.165) is 22.1 Å². The molecule has 0 aliphatic heterocycles. The second-order valence-corrected chi connectivity index (χ2v) is 5.53. The van der Waals surface area contributed by atoms with Gasteiger partial charge in [0.05, 0.1) is 0 Å². The van der Waals surface area contributed by atoms with Gasteiger partial charge in [0.2, 0.25) is 11.7 Å². The molecule has 0 radical (unpaired) electrons. The van der Waals surface area contributed by atoms with E-state index in [2.05, 4.69) is 31.1 Å². The predicted molar refractivity (Wildman–Crippen MR) is 83.5 cm³/mol. The zero-order valence-electron chi connectivity index (χ0n) is 11.2. The molecular weight excluding hydrogens is 332 g/mol. The van der Waals surface area contributed by atoms with Crippen LogP contribution in [-0.2, 0) is 12.8 Å². The summed E-state index contributed by atoms with van der Waals surface area (Å²) in [5, 5.41) is 3.96. The number of hydrogen-bond acceptors (Lipinski definition) is 5. The molecule has 1 aromatic carbocycles. The zero-order chi connectivity index (χ0) is 14.7. The topological polar surface area (TPSA) is 77.8 Å². The van der Waals surface area contributed by atoms with Crippen LogP contribution in [0, 0.1) is 0 Å². The molecule has 5 nitrogen and oxygen atoms in total. The van der Waals surface area contributed by atoms with Crippen LogP contribution in [-0.4, -0.2) is 15.1 Å². The van der Waals surface area contributed by atoms with E-state index in [1.807, 2.05) is 36.4 Å². The lowest BCUT2D eigenvalue weighted by Crippen LogP contribution is -1.93. The Kier molecular flexibility index (Phi) is 3.96. The van der Waals surface area contributed by atoms with Crippen molar-refractivity contribution in [1.29, 1.82) is 0 Å². The Morgan fingerprint density at radius 1 is 1.14 bits per heavy atom. The number of nitrogens with zero attached hydrogens (tertiary/aromatic N) is 3. The van der Waals surface area contributed by atoms with Gasteiger partial charge in [-0.25, -0.2) is 0 Å². The number of anilines is 1. The molecule has 0 saturated carbocycles. The molecule has 3 rings (SSSR count). The van der Waals surface area contributed by atoms with Gasteiger partial charge < -0.3 is 10.3 Å². The molecular formula is C15H13BrN4O. The Morgan fingerprint density at radius 2 is 2.05 bits per heavy atom. The van der Waals surface area contributed by atoms with Gasteiger partial charge >= 0.3 is 0 Å². The van der Waals surface area contributed by atoms with Crippen molar-refractivity contribution in [3.63, 3.8) is 0 Å². The van der Waals surface area contributed by atoms with E-state index in [9.17, 15) is 0 Å². The summed E-state index contributed by atoms with van der Waals surface area (Å²) < 4.78 is 6.17.